The molecule has 0 fully saturated rings. The van der Waals surface area contributed by atoms with Crippen LogP contribution in [0.25, 0.3) is 0 Å². The van der Waals surface area contributed by atoms with Crippen LogP contribution in [0.15, 0.2) is 12.7 Å². The predicted octanol–water partition coefficient (Wildman–Crippen LogP) is 2.23. The lowest BCUT2D eigenvalue weighted by Crippen LogP contribution is -2.27. The number of halogens is 3. The zero-order valence-corrected chi connectivity index (χ0v) is 6.19. The predicted molar refractivity (Wildman–Crippen MR) is 38.1 cm³/mol. The highest BCUT2D eigenvalue weighted by Gasteiger charge is 2.29. The quantitative estimate of drug-likeness (QED) is 0.638. The third-order valence-electron chi connectivity index (χ3n) is 1.24. The lowest BCUT2D eigenvalue weighted by atomic mass is 10.1. The van der Waals surface area contributed by atoms with Crippen molar-refractivity contribution in [3.8, 4) is 0 Å². The Labute approximate surface area is 64.1 Å². The van der Waals surface area contributed by atoms with E-state index in [1.54, 1.807) is 6.08 Å². The van der Waals surface area contributed by atoms with E-state index in [1.165, 1.54) is 0 Å². The third kappa shape index (κ3) is 7.39. The van der Waals surface area contributed by atoms with Gasteiger partial charge in [0.15, 0.2) is 0 Å². The van der Waals surface area contributed by atoms with E-state index in [2.05, 4.69) is 6.58 Å². The van der Waals surface area contributed by atoms with E-state index in [0.29, 0.717) is 12.8 Å². The summed E-state index contributed by atoms with van der Waals surface area (Å²) >= 11 is 0. The first kappa shape index (κ1) is 10.5. The molecule has 1 nitrogen and oxygen atoms in total. The van der Waals surface area contributed by atoms with Crippen molar-refractivity contribution in [3.05, 3.63) is 12.7 Å². The van der Waals surface area contributed by atoms with Crippen LogP contribution in [0, 0.1) is 0 Å². The van der Waals surface area contributed by atoms with E-state index in [-0.39, 0.29) is 0 Å². The molecule has 0 aliphatic rings. The van der Waals surface area contributed by atoms with Gasteiger partial charge in [-0.25, -0.2) is 0 Å². The van der Waals surface area contributed by atoms with Gasteiger partial charge in [-0.05, 0) is 12.8 Å². The van der Waals surface area contributed by atoms with Gasteiger partial charge in [-0.2, -0.15) is 13.2 Å². The fraction of sp³-hybridized carbons (Fsp3) is 0.714. The van der Waals surface area contributed by atoms with Crippen molar-refractivity contribution < 1.29 is 13.2 Å². The van der Waals surface area contributed by atoms with Crippen molar-refractivity contribution in [2.75, 3.05) is 0 Å². The van der Waals surface area contributed by atoms with Crippen LogP contribution >= 0.6 is 0 Å². The van der Waals surface area contributed by atoms with Crippen LogP contribution in [0.5, 0.6) is 0 Å². The smallest absolute Gasteiger partial charge is 0.327 e. The standard InChI is InChI=1S/C7H12F3N/c1-2-3-4-6(11)5-7(8,9)10/h2,6H,1,3-5,11H2. The SMILES string of the molecule is C=CCCC(N)CC(F)(F)F. The summed E-state index contributed by atoms with van der Waals surface area (Å²) in [5.74, 6) is 0. The molecule has 0 aromatic rings. The minimum absolute atomic E-state index is 0.350. The van der Waals surface area contributed by atoms with Crippen LogP contribution < -0.4 is 5.73 Å². The maximum absolute atomic E-state index is 11.6. The number of hydrogen-bond donors (Lipinski definition) is 1. The summed E-state index contributed by atoms with van der Waals surface area (Å²) in [5.41, 5.74) is 5.18. The van der Waals surface area contributed by atoms with Gasteiger partial charge in [-0.3, -0.25) is 0 Å². The topological polar surface area (TPSA) is 26.0 Å². The summed E-state index contributed by atoms with van der Waals surface area (Å²) in [6.45, 7) is 3.39. The molecule has 0 aliphatic carbocycles. The molecule has 66 valence electrons. The minimum atomic E-state index is -4.14. The second-order valence-corrected chi connectivity index (χ2v) is 2.45. The van der Waals surface area contributed by atoms with Crippen LogP contribution in [-0.4, -0.2) is 12.2 Å². The van der Waals surface area contributed by atoms with Crippen LogP contribution in [0.2, 0.25) is 0 Å². The van der Waals surface area contributed by atoms with E-state index >= 15 is 0 Å². The van der Waals surface area contributed by atoms with Crippen LogP contribution in [-0.2, 0) is 0 Å². The fourth-order valence-corrected chi connectivity index (χ4v) is 0.731. The van der Waals surface area contributed by atoms with Crippen LogP contribution in [0.1, 0.15) is 19.3 Å². The van der Waals surface area contributed by atoms with Crippen molar-refractivity contribution in [2.45, 2.75) is 31.5 Å². The maximum atomic E-state index is 11.6. The first-order valence-electron chi connectivity index (χ1n) is 3.39. The highest BCUT2D eigenvalue weighted by Crippen LogP contribution is 2.22. The molecule has 0 aromatic carbocycles. The van der Waals surface area contributed by atoms with E-state index < -0.39 is 18.6 Å². The maximum Gasteiger partial charge on any atom is 0.390 e. The summed E-state index contributed by atoms with van der Waals surface area (Å²) in [5, 5.41) is 0. The molecular weight excluding hydrogens is 155 g/mol. The van der Waals surface area contributed by atoms with Crippen molar-refractivity contribution >= 4 is 0 Å². The summed E-state index contributed by atoms with van der Waals surface area (Å²) in [6.07, 6.45) is -2.59. The summed E-state index contributed by atoms with van der Waals surface area (Å²) in [6, 6.07) is -0.784. The Kier molecular flexibility index (Phi) is 4.18. The van der Waals surface area contributed by atoms with Crippen molar-refractivity contribution in [1.82, 2.24) is 0 Å². The second kappa shape index (κ2) is 4.38. The first-order valence-corrected chi connectivity index (χ1v) is 3.39. The van der Waals surface area contributed by atoms with Gasteiger partial charge in [-0.1, -0.05) is 6.08 Å². The van der Waals surface area contributed by atoms with Crippen LogP contribution in [0.4, 0.5) is 13.2 Å². The Morgan fingerprint density at radius 2 is 2.00 bits per heavy atom. The van der Waals surface area contributed by atoms with E-state index in [9.17, 15) is 13.2 Å². The molecule has 0 saturated carbocycles. The number of hydrogen-bond acceptors (Lipinski definition) is 1. The number of alkyl halides is 3. The molecule has 0 amide bonds. The van der Waals surface area contributed by atoms with E-state index in [1.807, 2.05) is 0 Å². The van der Waals surface area contributed by atoms with Gasteiger partial charge in [0.1, 0.15) is 0 Å². The third-order valence-corrected chi connectivity index (χ3v) is 1.24. The van der Waals surface area contributed by atoms with Gasteiger partial charge >= 0.3 is 6.18 Å². The summed E-state index contributed by atoms with van der Waals surface area (Å²) in [7, 11) is 0. The van der Waals surface area contributed by atoms with Crippen molar-refractivity contribution in [1.29, 1.82) is 0 Å². The Balaban J connectivity index is 3.51. The molecule has 0 aromatic heterocycles. The Morgan fingerprint density at radius 1 is 1.45 bits per heavy atom. The molecule has 0 bridgehead atoms. The second-order valence-electron chi connectivity index (χ2n) is 2.45. The van der Waals surface area contributed by atoms with Gasteiger partial charge in [0.2, 0.25) is 0 Å². The molecule has 0 rings (SSSR count). The largest absolute Gasteiger partial charge is 0.390 e. The molecule has 1 unspecified atom stereocenters. The fourth-order valence-electron chi connectivity index (χ4n) is 0.731. The Hall–Kier alpha value is -0.510. The molecule has 0 saturated heterocycles. The van der Waals surface area contributed by atoms with Gasteiger partial charge in [0.05, 0.1) is 6.42 Å². The Bertz CT molecular complexity index is 119. The van der Waals surface area contributed by atoms with Gasteiger partial charge in [0, 0.05) is 6.04 Å². The number of nitrogens with two attached hydrogens (primary N) is 1. The van der Waals surface area contributed by atoms with Crippen LogP contribution in [0.3, 0.4) is 0 Å². The summed E-state index contributed by atoms with van der Waals surface area (Å²) in [4.78, 5) is 0. The van der Waals surface area contributed by atoms with E-state index in [4.69, 9.17) is 5.73 Å². The normalized spacial score (nSPS) is 14.5. The van der Waals surface area contributed by atoms with Gasteiger partial charge in [-0.15, -0.1) is 6.58 Å². The lowest BCUT2D eigenvalue weighted by molar-refractivity contribution is -0.138. The first-order chi connectivity index (χ1) is 4.95. The average Bonchev–Trinajstić information content (AvgIpc) is 1.79. The average molecular weight is 167 g/mol. The van der Waals surface area contributed by atoms with Gasteiger partial charge < -0.3 is 5.73 Å². The lowest BCUT2D eigenvalue weighted by Gasteiger charge is -2.12. The molecule has 0 heterocycles. The molecule has 0 aliphatic heterocycles. The van der Waals surface area contributed by atoms with E-state index in [0.717, 1.165) is 0 Å². The molecule has 0 radical (unpaired) electrons. The highest BCUT2D eigenvalue weighted by atomic mass is 19.4. The molecule has 11 heavy (non-hydrogen) atoms. The zero-order valence-electron chi connectivity index (χ0n) is 6.19. The summed E-state index contributed by atoms with van der Waals surface area (Å²) < 4.78 is 34.9. The van der Waals surface area contributed by atoms with Crippen molar-refractivity contribution in [3.63, 3.8) is 0 Å². The highest BCUT2D eigenvalue weighted by molar-refractivity contribution is 4.73. The van der Waals surface area contributed by atoms with Gasteiger partial charge in [0.25, 0.3) is 0 Å². The Morgan fingerprint density at radius 3 is 2.36 bits per heavy atom. The molecule has 4 heteroatoms. The monoisotopic (exact) mass is 167 g/mol. The molecule has 0 spiro atoms. The minimum Gasteiger partial charge on any atom is -0.327 e. The zero-order chi connectivity index (χ0) is 8.91. The molecular formula is C7H12F3N. The van der Waals surface area contributed by atoms with Crippen molar-refractivity contribution in [2.24, 2.45) is 5.73 Å². The molecule has 1 atom stereocenters. The number of allylic oxidation sites excluding steroid dienone is 1. The number of rotatable bonds is 4. The molecule has 2 N–H and O–H groups in total.